The van der Waals surface area contributed by atoms with Crippen LogP contribution < -0.4 is 0 Å². The number of benzene rings is 1. The highest BCUT2D eigenvalue weighted by molar-refractivity contribution is 6.03. The molecule has 1 aliphatic rings. The van der Waals surface area contributed by atoms with E-state index < -0.39 is 0 Å². The molecule has 2 rings (SSSR count). The Morgan fingerprint density at radius 2 is 1.93 bits per heavy atom. The molecule has 0 aliphatic heterocycles. The van der Waals surface area contributed by atoms with Crippen molar-refractivity contribution in [1.82, 2.24) is 0 Å². The van der Waals surface area contributed by atoms with Crippen molar-refractivity contribution in [3.05, 3.63) is 35.4 Å². The largest absolute Gasteiger partial charge is 0.294 e. The van der Waals surface area contributed by atoms with E-state index in [1.54, 1.807) is 0 Å². The van der Waals surface area contributed by atoms with Crippen LogP contribution >= 0.6 is 0 Å². The Morgan fingerprint density at radius 1 is 1.27 bits per heavy atom. The molecule has 1 aromatic rings. The summed E-state index contributed by atoms with van der Waals surface area (Å²) in [5, 5.41) is 0. The molecule has 2 atom stereocenters. The summed E-state index contributed by atoms with van der Waals surface area (Å²) < 4.78 is 0. The standard InChI is InChI=1S/C14H18O/c1-9(2)8-13-10(3)11-6-4-5-7-12(11)14(13)15/h4-7,9-10,13H,8H2,1-3H3. The molecule has 2 unspecified atom stereocenters. The SMILES string of the molecule is CC(C)CC1C(=O)c2ccccc2C1C. The smallest absolute Gasteiger partial charge is 0.166 e. The Kier molecular flexibility index (Phi) is 2.64. The van der Waals surface area contributed by atoms with E-state index in [0.29, 0.717) is 17.6 Å². The molecule has 0 spiro atoms. The van der Waals surface area contributed by atoms with Gasteiger partial charge >= 0.3 is 0 Å². The minimum atomic E-state index is 0.211. The predicted molar refractivity (Wildman–Crippen MR) is 62.1 cm³/mol. The van der Waals surface area contributed by atoms with Crippen molar-refractivity contribution in [3.63, 3.8) is 0 Å². The zero-order valence-corrected chi connectivity index (χ0v) is 9.66. The molecule has 0 heterocycles. The second kappa shape index (κ2) is 3.80. The monoisotopic (exact) mass is 202 g/mol. The molecule has 1 aromatic carbocycles. The number of rotatable bonds is 2. The van der Waals surface area contributed by atoms with Crippen molar-refractivity contribution in [2.45, 2.75) is 33.1 Å². The molecule has 1 nitrogen and oxygen atoms in total. The summed E-state index contributed by atoms with van der Waals surface area (Å²) in [5.41, 5.74) is 2.20. The number of ketones is 1. The summed E-state index contributed by atoms with van der Waals surface area (Å²) in [6.45, 7) is 6.54. The Morgan fingerprint density at radius 3 is 2.53 bits per heavy atom. The highest BCUT2D eigenvalue weighted by Crippen LogP contribution is 2.40. The maximum absolute atomic E-state index is 12.1. The molecule has 15 heavy (non-hydrogen) atoms. The fourth-order valence-corrected chi connectivity index (χ4v) is 2.58. The molecule has 0 aromatic heterocycles. The van der Waals surface area contributed by atoms with Crippen LogP contribution in [0.5, 0.6) is 0 Å². The first kappa shape index (κ1) is 10.4. The third-order valence-corrected chi connectivity index (χ3v) is 3.38. The lowest BCUT2D eigenvalue weighted by Gasteiger charge is -2.16. The topological polar surface area (TPSA) is 17.1 Å². The summed E-state index contributed by atoms with van der Waals surface area (Å²) in [4.78, 5) is 12.1. The van der Waals surface area contributed by atoms with Gasteiger partial charge in [0.1, 0.15) is 0 Å². The third-order valence-electron chi connectivity index (χ3n) is 3.38. The predicted octanol–water partition coefficient (Wildman–Crippen LogP) is 3.65. The molecule has 0 amide bonds. The Bertz CT molecular complexity index is 379. The van der Waals surface area contributed by atoms with Gasteiger partial charge in [-0.25, -0.2) is 0 Å². The molecule has 0 saturated carbocycles. The maximum Gasteiger partial charge on any atom is 0.166 e. The first-order valence-electron chi connectivity index (χ1n) is 5.74. The van der Waals surface area contributed by atoms with E-state index in [9.17, 15) is 4.79 Å². The number of hydrogen-bond acceptors (Lipinski definition) is 1. The maximum atomic E-state index is 12.1. The summed E-state index contributed by atoms with van der Waals surface area (Å²) >= 11 is 0. The molecule has 0 radical (unpaired) electrons. The zero-order valence-electron chi connectivity index (χ0n) is 9.66. The van der Waals surface area contributed by atoms with Gasteiger partial charge < -0.3 is 0 Å². The van der Waals surface area contributed by atoms with Gasteiger partial charge in [0.25, 0.3) is 0 Å². The van der Waals surface area contributed by atoms with Crippen LogP contribution in [0.25, 0.3) is 0 Å². The van der Waals surface area contributed by atoms with Crippen molar-refractivity contribution in [2.24, 2.45) is 11.8 Å². The number of carbonyl (C=O) groups is 1. The quantitative estimate of drug-likeness (QED) is 0.715. The normalized spacial score (nSPS) is 24.7. The fraction of sp³-hybridized carbons (Fsp3) is 0.500. The highest BCUT2D eigenvalue weighted by atomic mass is 16.1. The van der Waals surface area contributed by atoms with Crippen molar-refractivity contribution in [1.29, 1.82) is 0 Å². The summed E-state index contributed by atoms with van der Waals surface area (Å²) in [6, 6.07) is 8.05. The summed E-state index contributed by atoms with van der Waals surface area (Å²) in [5.74, 6) is 1.56. The van der Waals surface area contributed by atoms with E-state index in [-0.39, 0.29) is 5.92 Å². The molecular formula is C14H18O. The van der Waals surface area contributed by atoms with Gasteiger partial charge in [0, 0.05) is 11.5 Å². The van der Waals surface area contributed by atoms with E-state index >= 15 is 0 Å². The van der Waals surface area contributed by atoms with E-state index in [4.69, 9.17) is 0 Å². The molecule has 80 valence electrons. The number of carbonyl (C=O) groups excluding carboxylic acids is 1. The molecule has 1 heteroatoms. The molecule has 1 aliphatic carbocycles. The van der Waals surface area contributed by atoms with Crippen LogP contribution in [0, 0.1) is 11.8 Å². The Balaban J connectivity index is 2.32. The van der Waals surface area contributed by atoms with Crippen LogP contribution in [0.15, 0.2) is 24.3 Å². The van der Waals surface area contributed by atoms with E-state index in [1.807, 2.05) is 18.2 Å². The third kappa shape index (κ3) is 1.71. The lowest BCUT2D eigenvalue weighted by molar-refractivity contribution is 0.0909. The second-order valence-corrected chi connectivity index (χ2v) is 4.98. The van der Waals surface area contributed by atoms with Crippen LogP contribution in [0.4, 0.5) is 0 Å². The molecule has 0 saturated heterocycles. The number of Topliss-reactive ketones (excluding diaryl/α,β-unsaturated/α-hetero) is 1. The van der Waals surface area contributed by atoms with Gasteiger partial charge in [0.2, 0.25) is 0 Å². The average Bonchev–Trinajstić information content (AvgIpc) is 2.44. The zero-order chi connectivity index (χ0) is 11.0. The van der Waals surface area contributed by atoms with Gasteiger partial charge in [-0.15, -0.1) is 0 Å². The average molecular weight is 202 g/mol. The molecule has 0 fully saturated rings. The van der Waals surface area contributed by atoms with Crippen LogP contribution in [-0.2, 0) is 0 Å². The number of fused-ring (bicyclic) bond motifs is 1. The Labute approximate surface area is 91.5 Å². The van der Waals surface area contributed by atoms with Gasteiger partial charge in [-0.05, 0) is 23.8 Å². The van der Waals surface area contributed by atoms with Gasteiger partial charge in [-0.2, -0.15) is 0 Å². The minimum Gasteiger partial charge on any atom is -0.294 e. The first-order valence-corrected chi connectivity index (χ1v) is 5.74. The molecule has 0 N–H and O–H groups in total. The van der Waals surface area contributed by atoms with E-state index in [2.05, 4.69) is 26.8 Å². The van der Waals surface area contributed by atoms with Gasteiger partial charge in [0.15, 0.2) is 5.78 Å². The molecular weight excluding hydrogens is 184 g/mol. The van der Waals surface area contributed by atoms with Crippen molar-refractivity contribution >= 4 is 5.78 Å². The lowest BCUT2D eigenvalue weighted by Crippen LogP contribution is -2.14. The summed E-state index contributed by atoms with van der Waals surface area (Å²) in [7, 11) is 0. The van der Waals surface area contributed by atoms with E-state index in [1.165, 1.54) is 5.56 Å². The van der Waals surface area contributed by atoms with Crippen molar-refractivity contribution in [3.8, 4) is 0 Å². The highest BCUT2D eigenvalue weighted by Gasteiger charge is 2.36. The summed E-state index contributed by atoms with van der Waals surface area (Å²) in [6.07, 6.45) is 1.01. The van der Waals surface area contributed by atoms with Crippen molar-refractivity contribution in [2.75, 3.05) is 0 Å². The van der Waals surface area contributed by atoms with Crippen LogP contribution in [-0.4, -0.2) is 5.78 Å². The van der Waals surface area contributed by atoms with Gasteiger partial charge in [0.05, 0.1) is 0 Å². The number of hydrogen-bond donors (Lipinski definition) is 0. The Hall–Kier alpha value is -1.11. The lowest BCUT2D eigenvalue weighted by atomic mass is 9.87. The van der Waals surface area contributed by atoms with Crippen LogP contribution in [0.1, 0.15) is 49.0 Å². The second-order valence-electron chi connectivity index (χ2n) is 4.98. The van der Waals surface area contributed by atoms with E-state index in [0.717, 1.165) is 12.0 Å². The first-order chi connectivity index (χ1) is 7.11. The van der Waals surface area contributed by atoms with Crippen LogP contribution in [0.3, 0.4) is 0 Å². The van der Waals surface area contributed by atoms with Crippen molar-refractivity contribution < 1.29 is 4.79 Å². The fourth-order valence-electron chi connectivity index (χ4n) is 2.58. The molecule has 0 bridgehead atoms. The van der Waals surface area contributed by atoms with Crippen LogP contribution in [0.2, 0.25) is 0 Å². The van der Waals surface area contributed by atoms with Gasteiger partial charge in [-0.1, -0.05) is 45.0 Å². The minimum absolute atomic E-state index is 0.211. The van der Waals surface area contributed by atoms with Gasteiger partial charge in [-0.3, -0.25) is 4.79 Å².